The molecule has 0 saturated carbocycles. The minimum atomic E-state index is 0.0953. The Bertz CT molecular complexity index is 837. The van der Waals surface area contributed by atoms with E-state index in [0.29, 0.717) is 23.3 Å². The van der Waals surface area contributed by atoms with Crippen LogP contribution in [0.5, 0.6) is 5.75 Å². The Kier molecular flexibility index (Phi) is 5.38. The standard InChI is InChI=1S/C22H30N4O2/c1-3-19-23-24-20-9-10-22(13-16-26(19)20)11-14-25(15-12-22)21(27)17-7-5-6-8-18(17)28-4-2/h5-8H,3-4,9-16H2,1-2H3. The van der Waals surface area contributed by atoms with E-state index in [2.05, 4.69) is 21.7 Å². The van der Waals surface area contributed by atoms with Crippen molar-refractivity contribution in [2.45, 2.75) is 58.9 Å². The number of nitrogens with zero attached hydrogens (tertiary/aromatic N) is 4. The van der Waals surface area contributed by atoms with Crippen molar-refractivity contribution in [3.05, 3.63) is 41.5 Å². The number of fused-ring (bicyclic) bond motifs is 1. The number of hydrogen-bond donors (Lipinski definition) is 0. The molecule has 1 amide bonds. The number of aryl methyl sites for hydroxylation is 2. The average Bonchev–Trinajstić information content (AvgIpc) is 3.05. The zero-order valence-corrected chi connectivity index (χ0v) is 17.0. The number of piperidine rings is 1. The van der Waals surface area contributed by atoms with Crippen LogP contribution in [0.2, 0.25) is 0 Å². The second-order valence-corrected chi connectivity index (χ2v) is 8.01. The van der Waals surface area contributed by atoms with Gasteiger partial charge in [0.05, 0.1) is 12.2 Å². The third-order valence-electron chi connectivity index (χ3n) is 6.49. The molecule has 0 unspecified atom stereocenters. The highest BCUT2D eigenvalue weighted by molar-refractivity contribution is 5.97. The molecular formula is C22H30N4O2. The van der Waals surface area contributed by atoms with Crippen LogP contribution in [0.15, 0.2) is 24.3 Å². The fourth-order valence-electron chi connectivity index (χ4n) is 4.71. The highest BCUT2D eigenvalue weighted by Gasteiger charge is 2.38. The molecule has 2 aromatic rings. The Labute approximate surface area is 166 Å². The van der Waals surface area contributed by atoms with Gasteiger partial charge in [0.1, 0.15) is 17.4 Å². The molecule has 2 aliphatic heterocycles. The lowest BCUT2D eigenvalue weighted by molar-refractivity contribution is 0.0532. The second-order valence-electron chi connectivity index (χ2n) is 8.01. The van der Waals surface area contributed by atoms with Gasteiger partial charge in [-0.15, -0.1) is 10.2 Å². The zero-order valence-electron chi connectivity index (χ0n) is 17.0. The van der Waals surface area contributed by atoms with E-state index in [1.54, 1.807) is 0 Å². The van der Waals surface area contributed by atoms with Crippen LogP contribution < -0.4 is 4.74 Å². The van der Waals surface area contributed by atoms with E-state index >= 15 is 0 Å². The molecule has 1 saturated heterocycles. The SMILES string of the molecule is CCOc1ccccc1C(=O)N1CCC2(CCc3nnc(CC)n3CC2)CC1. The van der Waals surface area contributed by atoms with Crippen molar-refractivity contribution < 1.29 is 9.53 Å². The largest absolute Gasteiger partial charge is 0.493 e. The third-order valence-corrected chi connectivity index (χ3v) is 6.49. The maximum atomic E-state index is 13.1. The monoisotopic (exact) mass is 382 g/mol. The molecule has 0 bridgehead atoms. The molecule has 28 heavy (non-hydrogen) atoms. The molecule has 150 valence electrons. The summed E-state index contributed by atoms with van der Waals surface area (Å²) in [6.45, 7) is 7.30. The molecule has 4 rings (SSSR count). The van der Waals surface area contributed by atoms with Crippen molar-refractivity contribution in [1.82, 2.24) is 19.7 Å². The van der Waals surface area contributed by atoms with Gasteiger partial charge < -0.3 is 14.2 Å². The molecule has 1 aromatic carbocycles. The van der Waals surface area contributed by atoms with Gasteiger partial charge in [-0.2, -0.15) is 0 Å². The number of carbonyl (C=O) groups excluding carboxylic acids is 1. The van der Waals surface area contributed by atoms with Crippen molar-refractivity contribution in [3.8, 4) is 5.75 Å². The number of aromatic nitrogens is 3. The van der Waals surface area contributed by atoms with Crippen LogP contribution in [-0.2, 0) is 19.4 Å². The zero-order chi connectivity index (χ0) is 19.6. The molecule has 3 heterocycles. The molecule has 1 spiro atoms. The lowest BCUT2D eigenvalue weighted by Crippen LogP contribution is -2.43. The summed E-state index contributed by atoms with van der Waals surface area (Å²) in [4.78, 5) is 15.1. The highest BCUT2D eigenvalue weighted by atomic mass is 16.5. The summed E-state index contributed by atoms with van der Waals surface area (Å²) in [5.41, 5.74) is 1.00. The Morgan fingerprint density at radius 1 is 1.07 bits per heavy atom. The van der Waals surface area contributed by atoms with Crippen molar-refractivity contribution in [2.75, 3.05) is 19.7 Å². The summed E-state index contributed by atoms with van der Waals surface area (Å²) in [6, 6.07) is 7.59. The number of likely N-dealkylation sites (tertiary alicyclic amines) is 1. The third kappa shape index (κ3) is 3.52. The van der Waals surface area contributed by atoms with Gasteiger partial charge in [0.2, 0.25) is 0 Å². The molecule has 0 N–H and O–H groups in total. The highest BCUT2D eigenvalue weighted by Crippen LogP contribution is 2.42. The Morgan fingerprint density at radius 2 is 1.82 bits per heavy atom. The van der Waals surface area contributed by atoms with Gasteiger partial charge in [0.25, 0.3) is 5.91 Å². The van der Waals surface area contributed by atoms with E-state index in [9.17, 15) is 4.79 Å². The number of ether oxygens (including phenoxy) is 1. The van der Waals surface area contributed by atoms with Gasteiger partial charge in [-0.25, -0.2) is 0 Å². The van der Waals surface area contributed by atoms with Crippen LogP contribution in [0.3, 0.4) is 0 Å². The molecule has 1 fully saturated rings. The summed E-state index contributed by atoms with van der Waals surface area (Å²) in [5.74, 6) is 3.03. The van der Waals surface area contributed by atoms with Gasteiger partial charge in [0, 0.05) is 32.5 Å². The van der Waals surface area contributed by atoms with Crippen molar-refractivity contribution in [2.24, 2.45) is 5.41 Å². The summed E-state index contributed by atoms with van der Waals surface area (Å²) in [5, 5.41) is 8.74. The number of benzene rings is 1. The fourth-order valence-corrected chi connectivity index (χ4v) is 4.71. The summed E-state index contributed by atoms with van der Waals surface area (Å²) < 4.78 is 7.98. The van der Waals surface area contributed by atoms with Gasteiger partial charge in [-0.05, 0) is 50.2 Å². The van der Waals surface area contributed by atoms with Crippen molar-refractivity contribution in [1.29, 1.82) is 0 Å². The lowest BCUT2D eigenvalue weighted by Gasteiger charge is -2.41. The molecule has 6 nitrogen and oxygen atoms in total. The first-order valence-electron chi connectivity index (χ1n) is 10.6. The van der Waals surface area contributed by atoms with E-state index in [0.717, 1.165) is 69.8 Å². The summed E-state index contributed by atoms with van der Waals surface area (Å²) >= 11 is 0. The Hall–Kier alpha value is -2.37. The van der Waals surface area contributed by atoms with Crippen LogP contribution in [0.4, 0.5) is 0 Å². The van der Waals surface area contributed by atoms with Crippen LogP contribution in [-0.4, -0.2) is 45.3 Å². The lowest BCUT2D eigenvalue weighted by atomic mass is 9.72. The maximum Gasteiger partial charge on any atom is 0.257 e. The fraction of sp³-hybridized carbons (Fsp3) is 0.591. The first-order valence-corrected chi connectivity index (χ1v) is 10.6. The number of rotatable bonds is 4. The minimum Gasteiger partial charge on any atom is -0.493 e. The molecule has 0 aliphatic carbocycles. The van der Waals surface area contributed by atoms with Crippen molar-refractivity contribution >= 4 is 5.91 Å². The minimum absolute atomic E-state index is 0.0953. The average molecular weight is 383 g/mol. The second kappa shape index (κ2) is 7.94. The van der Waals surface area contributed by atoms with Crippen LogP contribution in [0.1, 0.15) is 61.5 Å². The summed E-state index contributed by atoms with van der Waals surface area (Å²) in [7, 11) is 0. The van der Waals surface area contributed by atoms with Gasteiger partial charge in [0.15, 0.2) is 0 Å². The van der Waals surface area contributed by atoms with E-state index in [-0.39, 0.29) is 5.91 Å². The quantitative estimate of drug-likeness (QED) is 0.812. The molecule has 2 aliphatic rings. The first kappa shape index (κ1) is 19.0. The molecule has 0 radical (unpaired) electrons. The topological polar surface area (TPSA) is 60.2 Å². The van der Waals surface area contributed by atoms with Crippen LogP contribution in [0.25, 0.3) is 0 Å². The van der Waals surface area contributed by atoms with Gasteiger partial charge in [-0.1, -0.05) is 19.1 Å². The van der Waals surface area contributed by atoms with Crippen LogP contribution >= 0.6 is 0 Å². The predicted molar refractivity (Wildman–Crippen MR) is 108 cm³/mol. The van der Waals surface area contributed by atoms with E-state index < -0.39 is 0 Å². The maximum absolute atomic E-state index is 13.1. The smallest absolute Gasteiger partial charge is 0.257 e. The van der Waals surface area contributed by atoms with Gasteiger partial charge in [-0.3, -0.25) is 4.79 Å². The Balaban J connectivity index is 1.42. The van der Waals surface area contributed by atoms with E-state index in [4.69, 9.17) is 4.74 Å². The van der Waals surface area contributed by atoms with E-state index in [1.165, 1.54) is 0 Å². The van der Waals surface area contributed by atoms with Crippen molar-refractivity contribution in [3.63, 3.8) is 0 Å². The number of para-hydroxylation sites is 1. The van der Waals surface area contributed by atoms with Crippen LogP contribution in [0, 0.1) is 5.41 Å². The van der Waals surface area contributed by atoms with E-state index in [1.807, 2.05) is 36.1 Å². The molecule has 1 aromatic heterocycles. The normalized spacial score (nSPS) is 18.6. The number of hydrogen-bond acceptors (Lipinski definition) is 4. The summed E-state index contributed by atoms with van der Waals surface area (Å²) in [6.07, 6.45) is 6.36. The predicted octanol–water partition coefficient (Wildman–Crippen LogP) is 3.50. The molecular weight excluding hydrogens is 352 g/mol. The number of carbonyl (C=O) groups is 1. The molecule has 0 atom stereocenters. The molecule has 6 heteroatoms. The first-order chi connectivity index (χ1) is 13.7. The Morgan fingerprint density at radius 3 is 2.57 bits per heavy atom. The van der Waals surface area contributed by atoms with Gasteiger partial charge >= 0.3 is 0 Å². The number of amides is 1.